The van der Waals surface area contributed by atoms with Crippen molar-refractivity contribution in [2.24, 2.45) is 0 Å². The van der Waals surface area contributed by atoms with Crippen LogP contribution < -0.4 is 15.5 Å². The first-order chi connectivity index (χ1) is 14.5. The number of rotatable bonds is 4. The van der Waals surface area contributed by atoms with Crippen molar-refractivity contribution in [3.05, 3.63) is 59.4 Å². The number of nitrogens with one attached hydrogen (secondary N) is 2. The molecule has 0 radical (unpaired) electrons. The molecule has 6 nitrogen and oxygen atoms in total. The molecule has 0 atom stereocenters. The quantitative estimate of drug-likeness (QED) is 0.627. The molecule has 4 rings (SSSR count). The summed E-state index contributed by atoms with van der Waals surface area (Å²) in [6.45, 7) is 5.37. The van der Waals surface area contributed by atoms with Crippen molar-refractivity contribution in [1.29, 1.82) is 0 Å². The van der Waals surface area contributed by atoms with Crippen molar-refractivity contribution in [1.82, 2.24) is 9.88 Å². The molecule has 2 heterocycles. The van der Waals surface area contributed by atoms with Gasteiger partial charge in [-0.2, -0.15) is 0 Å². The molecule has 8 heteroatoms. The summed E-state index contributed by atoms with van der Waals surface area (Å²) >= 11 is 6.17. The zero-order valence-corrected chi connectivity index (χ0v) is 17.4. The van der Waals surface area contributed by atoms with Crippen LogP contribution in [0.15, 0.2) is 48.5 Å². The van der Waals surface area contributed by atoms with Crippen LogP contribution in [0.2, 0.25) is 5.02 Å². The van der Waals surface area contributed by atoms with E-state index in [4.69, 9.17) is 11.6 Å². The largest absolute Gasteiger partial charge is 0.370 e. The highest BCUT2D eigenvalue weighted by Gasteiger charge is 2.23. The minimum Gasteiger partial charge on any atom is -0.370 e. The van der Waals surface area contributed by atoms with Crippen molar-refractivity contribution < 1.29 is 9.18 Å². The monoisotopic (exact) mass is 427 g/mol. The summed E-state index contributed by atoms with van der Waals surface area (Å²) in [5.74, 6) is 0.475. The number of halogens is 2. The lowest BCUT2D eigenvalue weighted by atomic mass is 10.1. The molecule has 1 aromatic heterocycles. The molecule has 0 bridgehead atoms. The van der Waals surface area contributed by atoms with Crippen LogP contribution in [0.3, 0.4) is 0 Å². The summed E-state index contributed by atoms with van der Waals surface area (Å²) < 4.78 is 13.0. The molecule has 0 aliphatic carbocycles. The zero-order valence-electron chi connectivity index (χ0n) is 16.7. The molecule has 2 amide bonds. The van der Waals surface area contributed by atoms with Gasteiger partial charge in [-0.05, 0) is 49.4 Å². The smallest absolute Gasteiger partial charge is 0.321 e. The molecule has 1 aliphatic rings. The molecule has 30 heavy (non-hydrogen) atoms. The fourth-order valence-corrected chi connectivity index (χ4v) is 3.77. The fourth-order valence-electron chi connectivity index (χ4n) is 3.60. The van der Waals surface area contributed by atoms with E-state index in [9.17, 15) is 9.18 Å². The van der Waals surface area contributed by atoms with Crippen LogP contribution in [-0.2, 0) is 0 Å². The molecule has 1 aliphatic heterocycles. The number of aromatic nitrogens is 1. The number of carbonyl (C=O) groups is 1. The first kappa shape index (κ1) is 20.2. The molecule has 1 saturated heterocycles. The van der Waals surface area contributed by atoms with E-state index in [1.165, 1.54) is 12.1 Å². The van der Waals surface area contributed by atoms with Crippen LogP contribution in [0, 0.1) is 5.82 Å². The van der Waals surface area contributed by atoms with Crippen LogP contribution in [0.25, 0.3) is 10.9 Å². The molecular weight excluding hydrogens is 405 g/mol. The molecular formula is C22H23ClFN5O. The predicted molar refractivity (Wildman–Crippen MR) is 120 cm³/mol. The predicted octanol–water partition coefficient (Wildman–Crippen LogP) is 4.81. The number of benzene rings is 2. The Morgan fingerprint density at radius 2 is 1.83 bits per heavy atom. The van der Waals surface area contributed by atoms with E-state index in [1.807, 2.05) is 31.2 Å². The van der Waals surface area contributed by atoms with Crippen LogP contribution >= 0.6 is 11.6 Å². The summed E-state index contributed by atoms with van der Waals surface area (Å²) in [5.41, 5.74) is 2.50. The van der Waals surface area contributed by atoms with Crippen LogP contribution in [-0.4, -0.2) is 48.6 Å². The van der Waals surface area contributed by atoms with Gasteiger partial charge in [0, 0.05) is 60.6 Å². The van der Waals surface area contributed by atoms with E-state index < -0.39 is 0 Å². The molecule has 1 fully saturated rings. The Morgan fingerprint density at radius 3 is 2.53 bits per heavy atom. The number of fused-ring (bicyclic) bond motifs is 1. The average molecular weight is 428 g/mol. The Balaban J connectivity index is 1.48. The van der Waals surface area contributed by atoms with Gasteiger partial charge in [0.05, 0.1) is 5.52 Å². The Bertz CT molecular complexity index is 1050. The fraction of sp³-hybridized carbons (Fsp3) is 0.273. The van der Waals surface area contributed by atoms with Crippen molar-refractivity contribution in [3.63, 3.8) is 0 Å². The normalized spacial score (nSPS) is 14.1. The molecule has 0 saturated carbocycles. The number of piperazine rings is 1. The number of nitrogens with zero attached hydrogens (tertiary/aromatic N) is 3. The lowest BCUT2D eigenvalue weighted by Crippen LogP contribution is -2.50. The SMILES string of the molecule is CCNc1cc(N2CCN(C(=O)Nc3ccc(F)cc3)CC2)c2ccc(Cl)cc2n1. The summed E-state index contributed by atoms with van der Waals surface area (Å²) in [7, 11) is 0. The number of pyridine rings is 1. The van der Waals surface area contributed by atoms with Gasteiger partial charge in [-0.3, -0.25) is 0 Å². The third-order valence-electron chi connectivity index (χ3n) is 5.11. The third-order valence-corrected chi connectivity index (χ3v) is 5.35. The zero-order chi connectivity index (χ0) is 21.1. The Hall–Kier alpha value is -3.06. The number of urea groups is 1. The second-order valence-corrected chi connectivity index (χ2v) is 7.57. The molecule has 0 unspecified atom stereocenters. The van der Waals surface area contributed by atoms with Gasteiger partial charge in [0.1, 0.15) is 11.6 Å². The molecule has 2 N–H and O–H groups in total. The Labute approximate surface area is 179 Å². The van der Waals surface area contributed by atoms with Gasteiger partial charge in [0.15, 0.2) is 0 Å². The molecule has 2 aromatic carbocycles. The molecule has 3 aromatic rings. The van der Waals surface area contributed by atoms with Crippen molar-refractivity contribution in [2.45, 2.75) is 6.92 Å². The standard InChI is InChI=1S/C22H23ClFN5O/c1-2-25-21-14-20(18-8-3-15(23)13-19(18)27-21)28-9-11-29(12-10-28)22(30)26-17-6-4-16(24)5-7-17/h3-8,13-14H,2,9-12H2,1H3,(H,25,27)(H,26,30). The lowest BCUT2D eigenvalue weighted by molar-refractivity contribution is 0.208. The number of hydrogen-bond acceptors (Lipinski definition) is 4. The minimum atomic E-state index is -0.329. The average Bonchev–Trinajstić information content (AvgIpc) is 2.75. The molecule has 0 spiro atoms. The minimum absolute atomic E-state index is 0.180. The lowest BCUT2D eigenvalue weighted by Gasteiger charge is -2.36. The summed E-state index contributed by atoms with van der Waals surface area (Å²) in [6.07, 6.45) is 0. The van der Waals surface area contributed by atoms with Gasteiger partial charge < -0.3 is 20.4 Å². The Kier molecular flexibility index (Phi) is 5.90. The summed E-state index contributed by atoms with van der Waals surface area (Å²) in [5, 5.41) is 7.78. The Morgan fingerprint density at radius 1 is 1.10 bits per heavy atom. The van der Waals surface area contributed by atoms with Crippen LogP contribution in [0.5, 0.6) is 0 Å². The van der Waals surface area contributed by atoms with E-state index in [0.717, 1.165) is 29.0 Å². The first-order valence-corrected chi connectivity index (χ1v) is 10.3. The third kappa shape index (κ3) is 4.41. The first-order valence-electron chi connectivity index (χ1n) is 9.94. The van der Waals surface area contributed by atoms with Gasteiger partial charge >= 0.3 is 6.03 Å². The highest BCUT2D eigenvalue weighted by molar-refractivity contribution is 6.31. The van der Waals surface area contributed by atoms with Crippen molar-refractivity contribution in [2.75, 3.05) is 48.3 Å². The second kappa shape index (κ2) is 8.75. The topological polar surface area (TPSA) is 60.5 Å². The van der Waals surface area contributed by atoms with Gasteiger partial charge in [-0.25, -0.2) is 14.2 Å². The van der Waals surface area contributed by atoms with E-state index >= 15 is 0 Å². The van der Waals surface area contributed by atoms with E-state index in [2.05, 4.69) is 20.5 Å². The number of hydrogen-bond donors (Lipinski definition) is 2. The number of amides is 2. The molecule has 156 valence electrons. The summed E-state index contributed by atoms with van der Waals surface area (Å²) in [6, 6.07) is 13.4. The number of carbonyl (C=O) groups excluding carboxylic acids is 1. The van der Waals surface area contributed by atoms with E-state index in [0.29, 0.717) is 36.9 Å². The van der Waals surface area contributed by atoms with Crippen molar-refractivity contribution >= 4 is 45.7 Å². The summed E-state index contributed by atoms with van der Waals surface area (Å²) in [4.78, 5) is 21.2. The van der Waals surface area contributed by atoms with Gasteiger partial charge in [-0.15, -0.1) is 0 Å². The van der Waals surface area contributed by atoms with Crippen molar-refractivity contribution in [3.8, 4) is 0 Å². The van der Waals surface area contributed by atoms with Gasteiger partial charge in [0.2, 0.25) is 0 Å². The maximum absolute atomic E-state index is 13.0. The maximum atomic E-state index is 13.0. The van der Waals surface area contributed by atoms with E-state index in [1.54, 1.807) is 17.0 Å². The van der Waals surface area contributed by atoms with Crippen LogP contribution in [0.1, 0.15) is 6.92 Å². The number of anilines is 3. The van der Waals surface area contributed by atoms with Gasteiger partial charge in [0.25, 0.3) is 0 Å². The van der Waals surface area contributed by atoms with E-state index in [-0.39, 0.29) is 11.8 Å². The highest BCUT2D eigenvalue weighted by Crippen LogP contribution is 2.31. The van der Waals surface area contributed by atoms with Gasteiger partial charge in [-0.1, -0.05) is 11.6 Å². The maximum Gasteiger partial charge on any atom is 0.321 e. The van der Waals surface area contributed by atoms with Crippen LogP contribution in [0.4, 0.5) is 26.4 Å². The highest BCUT2D eigenvalue weighted by atomic mass is 35.5. The second-order valence-electron chi connectivity index (χ2n) is 7.13.